The summed E-state index contributed by atoms with van der Waals surface area (Å²) in [4.78, 5) is 0. The Balaban J connectivity index is 2.97. The third-order valence-electron chi connectivity index (χ3n) is 2.42. The van der Waals surface area contributed by atoms with E-state index in [1.807, 2.05) is 0 Å². The average molecular weight is 314 g/mol. The van der Waals surface area contributed by atoms with Gasteiger partial charge in [-0.15, -0.1) is 0 Å². The Bertz CT molecular complexity index is 311. The SMILES string of the molecule is CCC/C(I)=C(\CCC)c1ccccc1. The number of halogens is 1. The van der Waals surface area contributed by atoms with Crippen LogP contribution in [0, 0.1) is 0 Å². The summed E-state index contributed by atoms with van der Waals surface area (Å²) >= 11 is 2.51. The van der Waals surface area contributed by atoms with Crippen LogP contribution in [0.15, 0.2) is 33.9 Å². The lowest BCUT2D eigenvalue weighted by Crippen LogP contribution is -1.87. The summed E-state index contributed by atoms with van der Waals surface area (Å²) in [6.07, 6.45) is 4.87. The van der Waals surface area contributed by atoms with E-state index in [-0.39, 0.29) is 0 Å². The first-order valence-corrected chi connectivity index (χ1v) is 6.80. The molecule has 0 fully saturated rings. The minimum atomic E-state index is 1.20. The molecule has 15 heavy (non-hydrogen) atoms. The number of hydrogen-bond acceptors (Lipinski definition) is 0. The van der Waals surface area contributed by atoms with Gasteiger partial charge in [0.15, 0.2) is 0 Å². The van der Waals surface area contributed by atoms with Gasteiger partial charge in [0.1, 0.15) is 0 Å². The second kappa shape index (κ2) is 7.04. The van der Waals surface area contributed by atoms with Crippen LogP contribution < -0.4 is 0 Å². The third-order valence-corrected chi connectivity index (χ3v) is 3.61. The molecular weight excluding hydrogens is 295 g/mol. The molecule has 0 aliphatic rings. The van der Waals surface area contributed by atoms with Gasteiger partial charge in [-0.05, 0) is 50.1 Å². The van der Waals surface area contributed by atoms with E-state index in [0.717, 1.165) is 0 Å². The van der Waals surface area contributed by atoms with Crippen molar-refractivity contribution in [3.05, 3.63) is 39.5 Å². The summed E-state index contributed by atoms with van der Waals surface area (Å²) in [7, 11) is 0. The molecule has 0 unspecified atom stereocenters. The Morgan fingerprint density at radius 2 is 1.60 bits per heavy atom. The first-order valence-electron chi connectivity index (χ1n) is 5.72. The number of allylic oxidation sites excluding steroid dienone is 2. The molecule has 1 aromatic rings. The van der Waals surface area contributed by atoms with Crippen molar-refractivity contribution in [2.24, 2.45) is 0 Å². The van der Waals surface area contributed by atoms with Crippen molar-refractivity contribution in [1.82, 2.24) is 0 Å². The average Bonchev–Trinajstić information content (AvgIpc) is 2.27. The molecule has 0 nitrogen and oxygen atoms in total. The van der Waals surface area contributed by atoms with Gasteiger partial charge in [-0.2, -0.15) is 0 Å². The molecule has 1 rings (SSSR count). The van der Waals surface area contributed by atoms with E-state index in [9.17, 15) is 0 Å². The van der Waals surface area contributed by atoms with E-state index in [1.165, 1.54) is 34.8 Å². The van der Waals surface area contributed by atoms with E-state index in [4.69, 9.17) is 0 Å². The number of benzene rings is 1. The van der Waals surface area contributed by atoms with Crippen molar-refractivity contribution in [3.8, 4) is 0 Å². The lowest BCUT2D eigenvalue weighted by atomic mass is 10.00. The van der Waals surface area contributed by atoms with Crippen LogP contribution in [0.5, 0.6) is 0 Å². The molecule has 0 aliphatic carbocycles. The van der Waals surface area contributed by atoms with E-state index in [0.29, 0.717) is 0 Å². The van der Waals surface area contributed by atoms with Crippen LogP contribution in [0.1, 0.15) is 45.1 Å². The summed E-state index contributed by atoms with van der Waals surface area (Å²) in [5.74, 6) is 0. The maximum Gasteiger partial charge on any atom is -0.00562 e. The predicted octanol–water partition coefficient (Wildman–Crippen LogP) is 5.43. The number of hydrogen-bond donors (Lipinski definition) is 0. The molecule has 82 valence electrons. The lowest BCUT2D eigenvalue weighted by Gasteiger charge is -2.10. The fraction of sp³-hybridized carbons (Fsp3) is 0.429. The predicted molar refractivity (Wildman–Crippen MR) is 77.2 cm³/mol. The first kappa shape index (κ1) is 12.8. The van der Waals surface area contributed by atoms with E-state index >= 15 is 0 Å². The fourth-order valence-electron chi connectivity index (χ4n) is 1.70. The molecule has 0 saturated heterocycles. The van der Waals surface area contributed by atoms with Crippen molar-refractivity contribution < 1.29 is 0 Å². The Labute approximate surface area is 107 Å². The maximum absolute atomic E-state index is 2.51. The standard InChI is InChI=1S/C14H19I/c1-3-8-13(14(15)9-4-2)12-10-6-5-7-11-12/h5-7,10-11H,3-4,8-9H2,1-2H3/b14-13-. The molecular formula is C14H19I. The van der Waals surface area contributed by atoms with Crippen LogP contribution in [-0.2, 0) is 0 Å². The van der Waals surface area contributed by atoms with Gasteiger partial charge in [-0.1, -0.05) is 57.0 Å². The zero-order chi connectivity index (χ0) is 11.1. The van der Waals surface area contributed by atoms with Crippen LogP contribution >= 0.6 is 22.6 Å². The van der Waals surface area contributed by atoms with Gasteiger partial charge in [-0.3, -0.25) is 0 Å². The van der Waals surface area contributed by atoms with E-state index in [1.54, 1.807) is 5.57 Å². The second-order valence-electron chi connectivity index (χ2n) is 3.75. The third kappa shape index (κ3) is 3.98. The van der Waals surface area contributed by atoms with E-state index in [2.05, 4.69) is 66.8 Å². The molecule has 1 heteroatoms. The van der Waals surface area contributed by atoms with Crippen molar-refractivity contribution in [2.45, 2.75) is 39.5 Å². The summed E-state index contributed by atoms with van der Waals surface area (Å²) in [5.41, 5.74) is 2.94. The van der Waals surface area contributed by atoms with Gasteiger partial charge in [0.05, 0.1) is 0 Å². The van der Waals surface area contributed by atoms with Crippen LogP contribution in [0.3, 0.4) is 0 Å². The molecule has 0 amide bonds. The van der Waals surface area contributed by atoms with Crippen molar-refractivity contribution in [2.75, 3.05) is 0 Å². The summed E-state index contributed by atoms with van der Waals surface area (Å²) < 4.78 is 1.53. The fourth-order valence-corrected chi connectivity index (χ4v) is 2.82. The quantitative estimate of drug-likeness (QED) is 0.635. The minimum Gasteiger partial charge on any atom is -0.0651 e. The van der Waals surface area contributed by atoms with Gasteiger partial charge in [0.2, 0.25) is 0 Å². The van der Waals surface area contributed by atoms with Crippen LogP contribution in [0.25, 0.3) is 5.57 Å². The van der Waals surface area contributed by atoms with Crippen molar-refractivity contribution >= 4 is 28.2 Å². The zero-order valence-corrected chi connectivity index (χ0v) is 11.8. The van der Waals surface area contributed by atoms with Crippen LogP contribution in [0.2, 0.25) is 0 Å². The van der Waals surface area contributed by atoms with Crippen LogP contribution in [-0.4, -0.2) is 0 Å². The Kier molecular flexibility index (Phi) is 5.99. The molecule has 0 bridgehead atoms. The van der Waals surface area contributed by atoms with Crippen LogP contribution in [0.4, 0.5) is 0 Å². The molecule has 0 spiro atoms. The van der Waals surface area contributed by atoms with Gasteiger partial charge in [-0.25, -0.2) is 0 Å². The Morgan fingerprint density at radius 1 is 1.00 bits per heavy atom. The van der Waals surface area contributed by atoms with Crippen molar-refractivity contribution in [3.63, 3.8) is 0 Å². The highest BCUT2D eigenvalue weighted by Gasteiger charge is 2.05. The first-order chi connectivity index (χ1) is 7.29. The molecule has 0 aliphatic heterocycles. The highest BCUT2D eigenvalue weighted by Crippen LogP contribution is 2.30. The largest absolute Gasteiger partial charge is 0.0651 e. The Morgan fingerprint density at radius 3 is 2.13 bits per heavy atom. The molecule has 0 N–H and O–H groups in total. The summed E-state index contributed by atoms with van der Waals surface area (Å²) in [6, 6.07) is 10.8. The maximum atomic E-state index is 2.51. The van der Waals surface area contributed by atoms with Gasteiger partial charge in [0, 0.05) is 0 Å². The smallest absolute Gasteiger partial charge is 0.00562 e. The molecule has 0 heterocycles. The summed E-state index contributed by atoms with van der Waals surface area (Å²) in [5, 5.41) is 0. The van der Waals surface area contributed by atoms with Gasteiger partial charge in [0.25, 0.3) is 0 Å². The zero-order valence-electron chi connectivity index (χ0n) is 9.59. The topological polar surface area (TPSA) is 0 Å². The Hall–Kier alpha value is -0.310. The molecule has 0 aromatic heterocycles. The molecule has 0 radical (unpaired) electrons. The van der Waals surface area contributed by atoms with E-state index < -0.39 is 0 Å². The highest BCUT2D eigenvalue weighted by atomic mass is 127. The normalized spacial score (nSPS) is 12.5. The monoisotopic (exact) mass is 314 g/mol. The second-order valence-corrected chi connectivity index (χ2v) is 5.05. The van der Waals surface area contributed by atoms with Crippen molar-refractivity contribution in [1.29, 1.82) is 0 Å². The molecule has 0 atom stereocenters. The number of rotatable bonds is 5. The summed E-state index contributed by atoms with van der Waals surface area (Å²) in [6.45, 7) is 4.49. The van der Waals surface area contributed by atoms with Gasteiger partial charge >= 0.3 is 0 Å². The highest BCUT2D eigenvalue weighted by molar-refractivity contribution is 14.1. The molecule has 1 aromatic carbocycles. The lowest BCUT2D eigenvalue weighted by molar-refractivity contribution is 0.929. The molecule has 0 saturated carbocycles. The minimum absolute atomic E-state index is 1.20. The van der Waals surface area contributed by atoms with Gasteiger partial charge < -0.3 is 0 Å².